The van der Waals surface area contributed by atoms with Crippen LogP contribution in [0, 0.1) is 0 Å². The number of nitrogens with one attached hydrogen (secondary N) is 1. The molecular weight excluding hydrogens is 298 g/mol. The van der Waals surface area contributed by atoms with Crippen LogP contribution in [-0.2, 0) is 20.7 Å². The molecule has 0 saturated carbocycles. The summed E-state index contributed by atoms with van der Waals surface area (Å²) in [5.41, 5.74) is 1.20. The highest BCUT2D eigenvalue weighted by atomic mass is 32.1. The summed E-state index contributed by atoms with van der Waals surface area (Å²) in [5.74, 6) is -0.103. The minimum Gasteiger partial charge on any atom is -0.376 e. The first-order valence-corrected chi connectivity index (χ1v) is 8.28. The van der Waals surface area contributed by atoms with E-state index in [9.17, 15) is 4.79 Å². The Hall–Kier alpha value is -1.69. The van der Waals surface area contributed by atoms with Gasteiger partial charge < -0.3 is 14.8 Å². The van der Waals surface area contributed by atoms with Gasteiger partial charge in [0.25, 0.3) is 5.91 Å². The van der Waals surface area contributed by atoms with Crippen LogP contribution in [0.15, 0.2) is 47.8 Å². The monoisotopic (exact) mass is 317 g/mol. The Labute approximate surface area is 134 Å². The van der Waals surface area contributed by atoms with Gasteiger partial charge in [-0.1, -0.05) is 36.4 Å². The van der Waals surface area contributed by atoms with Crippen LogP contribution in [0.4, 0.5) is 0 Å². The number of benzene rings is 1. The molecule has 1 aromatic heterocycles. The van der Waals surface area contributed by atoms with Crippen LogP contribution in [0.25, 0.3) is 0 Å². The largest absolute Gasteiger partial charge is 0.376 e. The van der Waals surface area contributed by atoms with Crippen molar-refractivity contribution in [2.75, 3.05) is 19.8 Å². The van der Waals surface area contributed by atoms with Gasteiger partial charge in [0.15, 0.2) is 6.10 Å². The molecule has 1 fully saturated rings. The number of carbonyl (C=O) groups is 1. The van der Waals surface area contributed by atoms with E-state index in [1.807, 2.05) is 29.6 Å². The normalized spacial score (nSPS) is 19.5. The van der Waals surface area contributed by atoms with Crippen LogP contribution in [0.1, 0.15) is 16.5 Å². The fourth-order valence-corrected chi connectivity index (χ4v) is 3.24. The highest BCUT2D eigenvalue weighted by Crippen LogP contribution is 2.23. The third-order valence-electron chi connectivity index (χ3n) is 3.59. The number of hydrogen-bond donors (Lipinski definition) is 1. The van der Waals surface area contributed by atoms with Crippen molar-refractivity contribution < 1.29 is 14.3 Å². The molecule has 2 heterocycles. The first kappa shape index (κ1) is 15.2. The molecule has 1 saturated heterocycles. The molecule has 1 N–H and O–H groups in total. The van der Waals surface area contributed by atoms with Gasteiger partial charge in [-0.05, 0) is 23.4 Å². The average molecular weight is 317 g/mol. The zero-order valence-electron chi connectivity index (χ0n) is 12.2. The molecule has 2 atom stereocenters. The van der Waals surface area contributed by atoms with E-state index in [1.54, 1.807) is 11.3 Å². The molecule has 2 unspecified atom stereocenters. The highest BCUT2D eigenvalue weighted by Gasteiger charge is 2.25. The summed E-state index contributed by atoms with van der Waals surface area (Å²) in [4.78, 5) is 13.5. The summed E-state index contributed by atoms with van der Waals surface area (Å²) >= 11 is 1.65. The predicted molar refractivity (Wildman–Crippen MR) is 85.9 cm³/mol. The molecule has 1 aliphatic rings. The molecule has 0 radical (unpaired) electrons. The number of rotatable bonds is 5. The zero-order valence-corrected chi connectivity index (χ0v) is 13.1. The van der Waals surface area contributed by atoms with Crippen molar-refractivity contribution in [3.63, 3.8) is 0 Å². The quantitative estimate of drug-likeness (QED) is 0.922. The molecule has 116 valence electrons. The van der Waals surface area contributed by atoms with Gasteiger partial charge >= 0.3 is 0 Å². The Bertz CT molecular complexity index is 579. The van der Waals surface area contributed by atoms with Gasteiger partial charge in [0.2, 0.25) is 0 Å². The number of ether oxygens (including phenoxy) is 2. The van der Waals surface area contributed by atoms with E-state index in [1.165, 1.54) is 5.56 Å². The summed E-state index contributed by atoms with van der Waals surface area (Å²) in [6, 6.07) is 14.2. The lowest BCUT2D eigenvalue weighted by Crippen LogP contribution is -2.44. The molecule has 2 aromatic rings. The van der Waals surface area contributed by atoms with Crippen LogP contribution >= 0.6 is 11.3 Å². The molecule has 3 rings (SSSR count). The topological polar surface area (TPSA) is 47.6 Å². The van der Waals surface area contributed by atoms with Crippen molar-refractivity contribution in [1.29, 1.82) is 0 Å². The molecule has 1 aromatic carbocycles. The van der Waals surface area contributed by atoms with Crippen LogP contribution in [0.2, 0.25) is 0 Å². The summed E-state index contributed by atoms with van der Waals surface area (Å²) < 4.78 is 10.8. The number of amides is 1. The Morgan fingerprint density at radius 1 is 1.23 bits per heavy atom. The molecule has 5 heteroatoms. The lowest BCUT2D eigenvalue weighted by atomic mass is 10.0. The maximum Gasteiger partial charge on any atom is 0.252 e. The van der Waals surface area contributed by atoms with Gasteiger partial charge in [-0.3, -0.25) is 4.79 Å². The Morgan fingerprint density at radius 2 is 2.09 bits per heavy atom. The van der Waals surface area contributed by atoms with E-state index >= 15 is 0 Å². The maximum absolute atomic E-state index is 12.4. The summed E-state index contributed by atoms with van der Waals surface area (Å²) in [6.07, 6.45) is 0.257. The van der Waals surface area contributed by atoms with Crippen molar-refractivity contribution in [2.45, 2.75) is 18.6 Å². The molecule has 0 bridgehead atoms. The fraction of sp³-hybridized carbons (Fsp3) is 0.353. The van der Waals surface area contributed by atoms with Crippen molar-refractivity contribution in [2.24, 2.45) is 0 Å². The van der Waals surface area contributed by atoms with E-state index in [4.69, 9.17) is 9.47 Å². The number of thiophene rings is 1. The van der Waals surface area contributed by atoms with E-state index in [0.29, 0.717) is 19.8 Å². The lowest BCUT2D eigenvalue weighted by molar-refractivity contribution is -0.148. The second-order valence-electron chi connectivity index (χ2n) is 5.20. The SMILES string of the molecule is O=C(NC(Cc1ccccc1)c1cccs1)C1COCCO1. The van der Waals surface area contributed by atoms with Gasteiger partial charge in [-0.2, -0.15) is 0 Å². The van der Waals surface area contributed by atoms with Crippen molar-refractivity contribution >= 4 is 17.2 Å². The smallest absolute Gasteiger partial charge is 0.252 e. The maximum atomic E-state index is 12.4. The molecular formula is C17H19NO3S. The van der Waals surface area contributed by atoms with Crippen LogP contribution < -0.4 is 5.32 Å². The van der Waals surface area contributed by atoms with Gasteiger partial charge in [0.1, 0.15) is 0 Å². The standard InChI is InChI=1S/C17H19NO3S/c19-17(15-12-20-8-9-21-15)18-14(16-7-4-10-22-16)11-13-5-2-1-3-6-13/h1-7,10,14-15H,8-9,11-12H2,(H,18,19). The van der Waals surface area contributed by atoms with Crippen molar-refractivity contribution in [3.8, 4) is 0 Å². The third kappa shape index (κ3) is 3.94. The van der Waals surface area contributed by atoms with Crippen LogP contribution in [0.3, 0.4) is 0 Å². The van der Waals surface area contributed by atoms with E-state index < -0.39 is 6.10 Å². The minimum absolute atomic E-state index is 0.0413. The first-order valence-electron chi connectivity index (χ1n) is 7.40. The van der Waals surface area contributed by atoms with E-state index in [0.717, 1.165) is 11.3 Å². The minimum atomic E-state index is -0.507. The average Bonchev–Trinajstić information content (AvgIpc) is 3.10. The first-order chi connectivity index (χ1) is 10.8. The Balaban J connectivity index is 1.70. The second kappa shape index (κ2) is 7.54. The number of hydrogen-bond acceptors (Lipinski definition) is 4. The summed E-state index contributed by atoms with van der Waals surface area (Å²) in [6.45, 7) is 1.36. The van der Waals surface area contributed by atoms with Crippen molar-refractivity contribution in [3.05, 3.63) is 58.3 Å². The molecule has 4 nitrogen and oxygen atoms in total. The molecule has 1 aliphatic heterocycles. The van der Waals surface area contributed by atoms with Gasteiger partial charge in [0, 0.05) is 4.88 Å². The van der Waals surface area contributed by atoms with E-state index in [-0.39, 0.29) is 11.9 Å². The Kier molecular flexibility index (Phi) is 5.21. The van der Waals surface area contributed by atoms with Crippen LogP contribution in [-0.4, -0.2) is 31.8 Å². The van der Waals surface area contributed by atoms with Crippen molar-refractivity contribution in [1.82, 2.24) is 5.32 Å². The third-order valence-corrected chi connectivity index (χ3v) is 4.58. The fourth-order valence-electron chi connectivity index (χ4n) is 2.47. The summed E-state index contributed by atoms with van der Waals surface area (Å²) in [5, 5.41) is 5.13. The van der Waals surface area contributed by atoms with Gasteiger partial charge in [-0.25, -0.2) is 0 Å². The Morgan fingerprint density at radius 3 is 2.77 bits per heavy atom. The lowest BCUT2D eigenvalue weighted by Gasteiger charge is -2.25. The zero-order chi connectivity index (χ0) is 15.2. The summed E-state index contributed by atoms with van der Waals surface area (Å²) in [7, 11) is 0. The molecule has 0 spiro atoms. The van der Waals surface area contributed by atoms with Crippen LogP contribution in [0.5, 0.6) is 0 Å². The van der Waals surface area contributed by atoms with Gasteiger partial charge in [-0.15, -0.1) is 11.3 Å². The molecule has 1 amide bonds. The predicted octanol–water partition coefficient (Wildman–Crippen LogP) is 2.56. The molecule has 22 heavy (non-hydrogen) atoms. The van der Waals surface area contributed by atoms with E-state index in [2.05, 4.69) is 23.5 Å². The number of carbonyl (C=O) groups excluding carboxylic acids is 1. The second-order valence-corrected chi connectivity index (χ2v) is 6.18. The van der Waals surface area contributed by atoms with Gasteiger partial charge in [0.05, 0.1) is 25.9 Å². The highest BCUT2D eigenvalue weighted by molar-refractivity contribution is 7.10. The molecule has 0 aliphatic carbocycles.